The fourth-order valence-electron chi connectivity index (χ4n) is 2.97. The largest absolute Gasteiger partial charge is 0.366 e. The van der Waals surface area contributed by atoms with E-state index >= 15 is 0 Å². The molecule has 2 N–H and O–H groups in total. The van der Waals surface area contributed by atoms with Gasteiger partial charge in [0.25, 0.3) is 0 Å². The Morgan fingerprint density at radius 2 is 1.17 bits per heavy atom. The van der Waals surface area contributed by atoms with Crippen LogP contribution in [0.15, 0.2) is 91.0 Å². The molecule has 0 fully saturated rings. The number of anilines is 1. The zero-order valence-electron chi connectivity index (χ0n) is 13.9. The van der Waals surface area contributed by atoms with E-state index in [0.717, 1.165) is 19.5 Å². The Morgan fingerprint density at radius 1 is 0.667 bits per heavy atom. The lowest BCUT2D eigenvalue weighted by Crippen LogP contribution is -2.38. The molecule has 1 atom stereocenters. The maximum Gasteiger partial charge on any atom is 0.0430 e. The van der Waals surface area contributed by atoms with E-state index in [1.807, 2.05) is 12.1 Å². The van der Waals surface area contributed by atoms with Gasteiger partial charge in [0.05, 0.1) is 0 Å². The van der Waals surface area contributed by atoms with Crippen molar-refractivity contribution in [2.75, 3.05) is 11.4 Å². The van der Waals surface area contributed by atoms with Crippen LogP contribution in [0.3, 0.4) is 0 Å². The molecule has 0 saturated heterocycles. The van der Waals surface area contributed by atoms with Crippen molar-refractivity contribution in [2.45, 2.75) is 19.0 Å². The molecule has 24 heavy (non-hydrogen) atoms. The highest BCUT2D eigenvalue weighted by molar-refractivity contribution is 5.47. The van der Waals surface area contributed by atoms with Gasteiger partial charge in [0.1, 0.15) is 0 Å². The Morgan fingerprint density at radius 3 is 1.75 bits per heavy atom. The molecule has 2 heteroatoms. The summed E-state index contributed by atoms with van der Waals surface area (Å²) in [6.45, 7) is 1.70. The zero-order valence-corrected chi connectivity index (χ0v) is 13.9. The van der Waals surface area contributed by atoms with Crippen LogP contribution in [-0.2, 0) is 13.0 Å². The number of nitrogens with two attached hydrogens (primary N) is 1. The minimum Gasteiger partial charge on any atom is -0.366 e. The standard InChI is InChI=1S/C22H24N2/c23-21(16-19-10-4-1-5-11-19)18-24(22-14-8-3-9-15-22)17-20-12-6-2-7-13-20/h1-15,21H,16-18,23H2/t21-/m0/s1. The van der Waals surface area contributed by atoms with E-state index in [2.05, 4.69) is 83.8 Å². The molecule has 0 aliphatic heterocycles. The minimum absolute atomic E-state index is 0.0938. The van der Waals surface area contributed by atoms with Gasteiger partial charge in [0, 0.05) is 24.8 Å². The quantitative estimate of drug-likeness (QED) is 0.705. The van der Waals surface area contributed by atoms with Crippen LogP contribution in [0.2, 0.25) is 0 Å². The van der Waals surface area contributed by atoms with Gasteiger partial charge in [0.2, 0.25) is 0 Å². The van der Waals surface area contributed by atoms with Gasteiger partial charge in [-0.25, -0.2) is 0 Å². The Kier molecular flexibility index (Phi) is 5.65. The van der Waals surface area contributed by atoms with Gasteiger partial charge in [-0.1, -0.05) is 78.9 Å². The van der Waals surface area contributed by atoms with E-state index in [9.17, 15) is 0 Å². The van der Waals surface area contributed by atoms with Crippen molar-refractivity contribution in [3.8, 4) is 0 Å². The lowest BCUT2D eigenvalue weighted by atomic mass is 10.1. The van der Waals surface area contributed by atoms with Crippen LogP contribution in [0.5, 0.6) is 0 Å². The number of nitrogens with zero attached hydrogens (tertiary/aromatic N) is 1. The molecule has 0 bridgehead atoms. The Labute approximate surface area is 144 Å². The van der Waals surface area contributed by atoms with E-state index in [-0.39, 0.29) is 6.04 Å². The summed E-state index contributed by atoms with van der Waals surface area (Å²) in [6, 6.07) is 31.6. The van der Waals surface area contributed by atoms with Gasteiger partial charge >= 0.3 is 0 Å². The Bertz CT molecular complexity index is 711. The third-order valence-corrected chi connectivity index (χ3v) is 4.13. The van der Waals surface area contributed by atoms with E-state index in [1.54, 1.807) is 0 Å². The fourth-order valence-corrected chi connectivity index (χ4v) is 2.97. The number of benzene rings is 3. The average Bonchev–Trinajstić information content (AvgIpc) is 2.63. The third-order valence-electron chi connectivity index (χ3n) is 4.13. The topological polar surface area (TPSA) is 29.3 Å². The molecule has 3 aromatic rings. The summed E-state index contributed by atoms with van der Waals surface area (Å²) >= 11 is 0. The summed E-state index contributed by atoms with van der Waals surface area (Å²) < 4.78 is 0. The molecule has 0 radical (unpaired) electrons. The molecule has 122 valence electrons. The molecule has 0 amide bonds. The first-order valence-corrected chi connectivity index (χ1v) is 8.45. The van der Waals surface area contributed by atoms with Crippen LogP contribution in [0, 0.1) is 0 Å². The minimum atomic E-state index is 0.0938. The molecule has 3 aromatic carbocycles. The summed E-state index contributed by atoms with van der Waals surface area (Å²) in [5.74, 6) is 0. The van der Waals surface area contributed by atoms with Crippen molar-refractivity contribution in [3.05, 3.63) is 102 Å². The third kappa shape index (κ3) is 4.71. The highest BCUT2D eigenvalue weighted by atomic mass is 15.1. The highest BCUT2D eigenvalue weighted by Gasteiger charge is 2.12. The number of rotatable bonds is 7. The van der Waals surface area contributed by atoms with Gasteiger partial charge in [-0.15, -0.1) is 0 Å². The summed E-state index contributed by atoms with van der Waals surface area (Å²) in [5.41, 5.74) is 10.3. The smallest absolute Gasteiger partial charge is 0.0430 e. The lowest BCUT2D eigenvalue weighted by molar-refractivity contribution is 0.627. The van der Waals surface area contributed by atoms with Gasteiger partial charge in [-0.3, -0.25) is 0 Å². The van der Waals surface area contributed by atoms with E-state index < -0.39 is 0 Å². The molecular weight excluding hydrogens is 292 g/mol. The predicted molar refractivity (Wildman–Crippen MR) is 102 cm³/mol. The van der Waals surface area contributed by atoms with Crippen LogP contribution in [0.4, 0.5) is 5.69 Å². The number of para-hydroxylation sites is 1. The van der Waals surface area contributed by atoms with Crippen molar-refractivity contribution < 1.29 is 0 Å². The van der Waals surface area contributed by atoms with Gasteiger partial charge in [-0.2, -0.15) is 0 Å². The summed E-state index contributed by atoms with van der Waals surface area (Å²) in [6.07, 6.45) is 0.888. The Balaban J connectivity index is 1.72. The molecule has 0 saturated carbocycles. The molecule has 2 nitrogen and oxygen atoms in total. The lowest BCUT2D eigenvalue weighted by Gasteiger charge is -2.28. The first kappa shape index (κ1) is 16.3. The van der Waals surface area contributed by atoms with E-state index in [0.29, 0.717) is 0 Å². The van der Waals surface area contributed by atoms with Crippen LogP contribution < -0.4 is 10.6 Å². The van der Waals surface area contributed by atoms with Gasteiger partial charge in [0.15, 0.2) is 0 Å². The van der Waals surface area contributed by atoms with Gasteiger partial charge in [-0.05, 0) is 29.7 Å². The Hall–Kier alpha value is -2.58. The SMILES string of the molecule is N[C@@H](Cc1ccccc1)CN(Cc1ccccc1)c1ccccc1. The van der Waals surface area contributed by atoms with E-state index in [4.69, 9.17) is 5.73 Å². The zero-order chi connectivity index (χ0) is 16.6. The molecule has 0 unspecified atom stereocenters. The maximum atomic E-state index is 6.46. The molecule has 0 heterocycles. The molecule has 3 rings (SSSR count). The molecular formula is C22H24N2. The van der Waals surface area contributed by atoms with Crippen molar-refractivity contribution in [2.24, 2.45) is 5.73 Å². The first-order valence-electron chi connectivity index (χ1n) is 8.45. The summed E-state index contributed by atoms with van der Waals surface area (Å²) in [4.78, 5) is 2.36. The molecule has 0 aliphatic rings. The summed E-state index contributed by atoms with van der Waals surface area (Å²) in [7, 11) is 0. The van der Waals surface area contributed by atoms with Crippen molar-refractivity contribution in [1.29, 1.82) is 0 Å². The average molecular weight is 316 g/mol. The van der Waals surface area contributed by atoms with Crippen molar-refractivity contribution in [3.63, 3.8) is 0 Å². The van der Waals surface area contributed by atoms with Crippen LogP contribution >= 0.6 is 0 Å². The molecule has 0 spiro atoms. The second kappa shape index (κ2) is 8.32. The highest BCUT2D eigenvalue weighted by Crippen LogP contribution is 2.17. The van der Waals surface area contributed by atoms with Crippen LogP contribution in [0.25, 0.3) is 0 Å². The van der Waals surface area contributed by atoms with Crippen molar-refractivity contribution in [1.82, 2.24) is 0 Å². The number of hydrogen-bond acceptors (Lipinski definition) is 2. The monoisotopic (exact) mass is 316 g/mol. The van der Waals surface area contributed by atoms with Crippen LogP contribution in [0.1, 0.15) is 11.1 Å². The van der Waals surface area contributed by atoms with Gasteiger partial charge < -0.3 is 10.6 Å². The number of hydrogen-bond donors (Lipinski definition) is 1. The second-order valence-electron chi connectivity index (χ2n) is 6.15. The van der Waals surface area contributed by atoms with Crippen LogP contribution in [-0.4, -0.2) is 12.6 Å². The van der Waals surface area contributed by atoms with Crippen molar-refractivity contribution >= 4 is 5.69 Å². The van der Waals surface area contributed by atoms with E-state index in [1.165, 1.54) is 16.8 Å². The normalized spacial score (nSPS) is 11.9. The maximum absolute atomic E-state index is 6.46. The first-order chi connectivity index (χ1) is 11.8. The molecule has 0 aromatic heterocycles. The fraction of sp³-hybridized carbons (Fsp3) is 0.182. The second-order valence-corrected chi connectivity index (χ2v) is 6.15. The predicted octanol–water partition coefficient (Wildman–Crippen LogP) is 4.26. The summed E-state index contributed by atoms with van der Waals surface area (Å²) in [5, 5.41) is 0. The molecule has 0 aliphatic carbocycles.